The molecule has 0 radical (unpaired) electrons. The highest BCUT2D eigenvalue weighted by Gasteiger charge is 2.53. The number of hydrogen-bond donors (Lipinski definition) is 0. The molecule has 4 rings (SSSR count). The van der Waals surface area contributed by atoms with Crippen LogP contribution in [-0.4, -0.2) is 82.2 Å². The number of rotatable bonds is 5. The maximum Gasteiger partial charge on any atom is 0.333 e. The third-order valence-corrected chi connectivity index (χ3v) is 6.37. The van der Waals surface area contributed by atoms with Crippen molar-refractivity contribution in [3.63, 3.8) is 0 Å². The summed E-state index contributed by atoms with van der Waals surface area (Å²) in [7, 11) is 3.25. The van der Waals surface area contributed by atoms with Crippen molar-refractivity contribution in [3.05, 3.63) is 35.9 Å². The summed E-state index contributed by atoms with van der Waals surface area (Å²) in [5.74, 6) is 1.23. The van der Waals surface area contributed by atoms with E-state index in [2.05, 4.69) is 28.5 Å². The molecule has 7 heteroatoms. The second kappa shape index (κ2) is 8.06. The van der Waals surface area contributed by atoms with E-state index in [4.69, 9.17) is 4.99 Å². The number of amidine groups is 2. The Labute approximate surface area is 172 Å². The molecule has 0 saturated carbocycles. The average Bonchev–Trinajstić information content (AvgIpc) is 3.10. The quantitative estimate of drug-likeness (QED) is 0.717. The lowest BCUT2D eigenvalue weighted by Gasteiger charge is -2.34. The van der Waals surface area contributed by atoms with Gasteiger partial charge in [0.1, 0.15) is 13.1 Å². The third-order valence-electron chi connectivity index (χ3n) is 6.37. The standard InChI is InChI=1S/C22H30N5O2/c1-4-17-12-8-9-13-26(17)15-18-23-20-19(21(28)25(3)22(29)24(20)2)27(18)14-16-10-6-5-7-11-16/h5-7,10-11,17,19H,4,8-9,12-15H2,1-3H3/q+1. The first kappa shape index (κ1) is 19.8. The monoisotopic (exact) mass is 396 g/mol. The zero-order chi connectivity index (χ0) is 20.5. The minimum absolute atomic E-state index is 0.205. The molecule has 2 saturated heterocycles. The molecule has 3 aliphatic rings. The van der Waals surface area contributed by atoms with Crippen LogP contribution in [0.1, 0.15) is 38.2 Å². The number of amides is 3. The molecule has 2 fully saturated rings. The number of fused-ring (bicyclic) bond motifs is 1. The van der Waals surface area contributed by atoms with E-state index >= 15 is 0 Å². The van der Waals surface area contributed by atoms with Gasteiger partial charge in [0, 0.05) is 20.1 Å². The molecule has 0 N–H and O–H groups in total. The Bertz CT molecular complexity index is 863. The van der Waals surface area contributed by atoms with Crippen molar-refractivity contribution in [2.24, 2.45) is 4.99 Å². The van der Waals surface area contributed by atoms with Gasteiger partial charge < -0.3 is 0 Å². The molecule has 154 valence electrons. The fraction of sp³-hybridized carbons (Fsp3) is 0.545. The summed E-state index contributed by atoms with van der Waals surface area (Å²) < 4.78 is 2.09. The predicted octanol–water partition coefficient (Wildman–Crippen LogP) is 2.17. The summed E-state index contributed by atoms with van der Waals surface area (Å²) in [4.78, 5) is 35.6. The summed E-state index contributed by atoms with van der Waals surface area (Å²) in [6, 6.07) is 9.83. The highest BCUT2D eigenvalue weighted by atomic mass is 16.2. The van der Waals surface area contributed by atoms with Gasteiger partial charge in [-0.05, 0) is 36.4 Å². The predicted molar refractivity (Wildman–Crippen MR) is 112 cm³/mol. The highest BCUT2D eigenvalue weighted by molar-refractivity contribution is 6.23. The molecular weight excluding hydrogens is 366 g/mol. The summed E-state index contributed by atoms with van der Waals surface area (Å²) in [5.41, 5.74) is 1.13. The Kier molecular flexibility index (Phi) is 5.50. The zero-order valence-corrected chi connectivity index (χ0v) is 17.5. The molecule has 3 heterocycles. The van der Waals surface area contributed by atoms with Crippen molar-refractivity contribution in [1.29, 1.82) is 0 Å². The number of carbonyl (C=O) groups is 2. The summed E-state index contributed by atoms with van der Waals surface area (Å²) >= 11 is 0. The van der Waals surface area contributed by atoms with Crippen LogP contribution >= 0.6 is 0 Å². The van der Waals surface area contributed by atoms with Gasteiger partial charge in [0.2, 0.25) is 0 Å². The smallest absolute Gasteiger partial charge is 0.289 e. The van der Waals surface area contributed by atoms with Gasteiger partial charge in [0.15, 0.2) is 0 Å². The van der Waals surface area contributed by atoms with Crippen LogP contribution in [-0.2, 0) is 11.3 Å². The number of urea groups is 1. The number of benzene rings is 1. The number of carbonyl (C=O) groups excluding carboxylic acids is 2. The van der Waals surface area contributed by atoms with Crippen molar-refractivity contribution in [1.82, 2.24) is 14.7 Å². The Morgan fingerprint density at radius 1 is 1.10 bits per heavy atom. The van der Waals surface area contributed by atoms with E-state index in [1.165, 1.54) is 29.1 Å². The maximum absolute atomic E-state index is 13.1. The number of piperidine rings is 1. The zero-order valence-electron chi connectivity index (χ0n) is 17.5. The second-order valence-corrected chi connectivity index (χ2v) is 8.17. The molecule has 2 unspecified atom stereocenters. The first-order valence-corrected chi connectivity index (χ1v) is 10.6. The van der Waals surface area contributed by atoms with Crippen molar-refractivity contribution >= 4 is 23.6 Å². The van der Waals surface area contributed by atoms with Gasteiger partial charge in [0.05, 0.1) is 0 Å². The van der Waals surface area contributed by atoms with Gasteiger partial charge in [-0.1, -0.05) is 43.7 Å². The first-order valence-electron chi connectivity index (χ1n) is 10.6. The minimum atomic E-state index is -0.539. The van der Waals surface area contributed by atoms with Crippen LogP contribution in [0, 0.1) is 0 Å². The Balaban J connectivity index is 1.71. The second-order valence-electron chi connectivity index (χ2n) is 8.17. The highest BCUT2D eigenvalue weighted by Crippen LogP contribution is 2.24. The molecule has 7 nitrogen and oxygen atoms in total. The average molecular weight is 397 g/mol. The SMILES string of the molecule is CCC1CCCCN1CC1=[N+](Cc2ccccc2)C2C(=O)N(C)C(=O)N(C)C2=N1. The normalized spacial score (nSPS) is 25.6. The Morgan fingerprint density at radius 3 is 2.59 bits per heavy atom. The van der Waals surface area contributed by atoms with Crippen LogP contribution in [0.5, 0.6) is 0 Å². The summed E-state index contributed by atoms with van der Waals surface area (Å²) in [5, 5.41) is 0. The number of nitrogens with zero attached hydrogens (tertiary/aromatic N) is 5. The van der Waals surface area contributed by atoms with E-state index in [9.17, 15) is 9.59 Å². The lowest BCUT2D eigenvalue weighted by molar-refractivity contribution is -0.552. The Morgan fingerprint density at radius 2 is 1.86 bits per heavy atom. The first-order chi connectivity index (χ1) is 14.0. The van der Waals surface area contributed by atoms with E-state index < -0.39 is 6.04 Å². The van der Waals surface area contributed by atoms with Gasteiger partial charge in [-0.3, -0.25) is 19.5 Å². The molecule has 0 bridgehead atoms. The largest absolute Gasteiger partial charge is 0.333 e. The summed E-state index contributed by atoms with van der Waals surface area (Å²) in [6.07, 6.45) is 4.80. The van der Waals surface area contributed by atoms with Crippen LogP contribution in [0.15, 0.2) is 35.3 Å². The molecular formula is C22H30N5O2+. The van der Waals surface area contributed by atoms with Crippen LogP contribution in [0.4, 0.5) is 4.79 Å². The fourth-order valence-electron chi connectivity index (χ4n) is 4.65. The van der Waals surface area contributed by atoms with Crippen LogP contribution in [0.3, 0.4) is 0 Å². The molecule has 1 aromatic carbocycles. The molecule has 0 aliphatic carbocycles. The number of hydrogen-bond acceptors (Lipinski definition) is 4. The van der Waals surface area contributed by atoms with E-state index in [1.807, 2.05) is 18.2 Å². The minimum Gasteiger partial charge on any atom is -0.289 e. The van der Waals surface area contributed by atoms with E-state index in [0.29, 0.717) is 25.0 Å². The molecule has 29 heavy (non-hydrogen) atoms. The third kappa shape index (κ3) is 3.59. The van der Waals surface area contributed by atoms with Gasteiger partial charge in [-0.2, -0.15) is 0 Å². The van der Waals surface area contributed by atoms with Crippen LogP contribution in [0.25, 0.3) is 0 Å². The van der Waals surface area contributed by atoms with E-state index in [0.717, 1.165) is 24.4 Å². The lowest BCUT2D eigenvalue weighted by atomic mass is 10.00. The van der Waals surface area contributed by atoms with Gasteiger partial charge in [-0.25, -0.2) is 9.37 Å². The van der Waals surface area contributed by atoms with Crippen molar-refractivity contribution in [3.8, 4) is 0 Å². The number of likely N-dealkylation sites (tertiary alicyclic amines) is 1. The van der Waals surface area contributed by atoms with Crippen molar-refractivity contribution in [2.75, 3.05) is 27.2 Å². The van der Waals surface area contributed by atoms with Crippen LogP contribution in [0.2, 0.25) is 0 Å². The van der Waals surface area contributed by atoms with E-state index in [1.54, 1.807) is 14.1 Å². The number of likely N-dealkylation sites (N-methyl/N-ethyl adjacent to an activating group) is 2. The lowest BCUT2D eigenvalue weighted by Crippen LogP contribution is -2.61. The maximum atomic E-state index is 13.1. The molecule has 2 atom stereocenters. The molecule has 1 aromatic rings. The van der Waals surface area contributed by atoms with E-state index in [-0.39, 0.29) is 11.9 Å². The fourth-order valence-corrected chi connectivity index (χ4v) is 4.65. The Hall–Kier alpha value is -2.54. The molecule has 0 spiro atoms. The van der Waals surface area contributed by atoms with Gasteiger partial charge in [0.25, 0.3) is 17.8 Å². The molecule has 3 aliphatic heterocycles. The summed E-state index contributed by atoms with van der Waals surface area (Å²) in [6.45, 7) is 4.60. The topological polar surface area (TPSA) is 59.2 Å². The number of aliphatic imine (C=N–C) groups is 1. The van der Waals surface area contributed by atoms with Gasteiger partial charge in [-0.15, -0.1) is 0 Å². The van der Waals surface area contributed by atoms with Gasteiger partial charge >= 0.3 is 11.9 Å². The number of imide groups is 1. The molecule has 3 amide bonds. The van der Waals surface area contributed by atoms with Crippen molar-refractivity contribution < 1.29 is 14.2 Å². The molecule has 0 aromatic heterocycles. The van der Waals surface area contributed by atoms with Crippen molar-refractivity contribution in [2.45, 2.75) is 51.2 Å². The van der Waals surface area contributed by atoms with Crippen LogP contribution < -0.4 is 0 Å².